The molecule has 19 heavy (non-hydrogen) atoms. The molecule has 2 rings (SSSR count). The fourth-order valence-corrected chi connectivity index (χ4v) is 2.49. The van der Waals surface area contributed by atoms with Crippen LogP contribution in [-0.2, 0) is 16.6 Å². The van der Waals surface area contributed by atoms with E-state index in [4.69, 9.17) is 0 Å². The molecular formula is C15H12F2OS. The maximum Gasteiger partial charge on any atom is 0.127 e. The van der Waals surface area contributed by atoms with Gasteiger partial charge in [-0.05, 0) is 29.8 Å². The predicted molar refractivity (Wildman–Crippen MR) is 73.7 cm³/mol. The van der Waals surface area contributed by atoms with Crippen LogP contribution in [0, 0.1) is 11.6 Å². The fraction of sp³-hybridized carbons (Fsp3) is 0.0667. The van der Waals surface area contributed by atoms with Gasteiger partial charge in [-0.15, -0.1) is 0 Å². The Hall–Kier alpha value is -1.81. The number of rotatable bonds is 4. The van der Waals surface area contributed by atoms with Crippen molar-refractivity contribution in [3.8, 4) is 0 Å². The van der Waals surface area contributed by atoms with Crippen molar-refractivity contribution in [3.05, 3.63) is 76.7 Å². The highest BCUT2D eigenvalue weighted by Gasteiger charge is 2.03. The van der Waals surface area contributed by atoms with Crippen molar-refractivity contribution in [2.75, 3.05) is 0 Å². The third-order valence-electron chi connectivity index (χ3n) is 2.54. The topological polar surface area (TPSA) is 17.1 Å². The first-order valence-electron chi connectivity index (χ1n) is 5.69. The number of benzene rings is 2. The summed E-state index contributed by atoms with van der Waals surface area (Å²) in [5.74, 6) is -0.541. The first-order chi connectivity index (χ1) is 9.15. The fourth-order valence-electron chi connectivity index (χ4n) is 1.55. The molecular weight excluding hydrogens is 266 g/mol. The molecule has 0 bridgehead atoms. The van der Waals surface area contributed by atoms with E-state index < -0.39 is 10.8 Å². The van der Waals surface area contributed by atoms with E-state index in [2.05, 4.69) is 0 Å². The van der Waals surface area contributed by atoms with Gasteiger partial charge in [0.05, 0.1) is 16.6 Å². The van der Waals surface area contributed by atoms with Gasteiger partial charge in [0.15, 0.2) is 0 Å². The summed E-state index contributed by atoms with van der Waals surface area (Å²) in [5.41, 5.74) is 1.17. The van der Waals surface area contributed by atoms with Crippen LogP contribution in [0.1, 0.15) is 11.1 Å². The van der Waals surface area contributed by atoms with Crippen molar-refractivity contribution in [3.63, 3.8) is 0 Å². The largest absolute Gasteiger partial charge is 0.255 e. The lowest BCUT2D eigenvalue weighted by atomic mass is 10.2. The highest BCUT2D eigenvalue weighted by molar-refractivity contribution is 7.87. The minimum atomic E-state index is -1.30. The summed E-state index contributed by atoms with van der Waals surface area (Å²) in [4.78, 5) is 0. The van der Waals surface area contributed by atoms with E-state index in [0.717, 1.165) is 5.56 Å². The summed E-state index contributed by atoms with van der Waals surface area (Å²) in [6, 6.07) is 12.1. The van der Waals surface area contributed by atoms with Gasteiger partial charge >= 0.3 is 0 Å². The van der Waals surface area contributed by atoms with Gasteiger partial charge in [-0.2, -0.15) is 0 Å². The molecule has 0 aliphatic carbocycles. The summed E-state index contributed by atoms with van der Waals surface area (Å²) in [6.07, 6.45) is 1.64. The maximum atomic E-state index is 13.4. The second kappa shape index (κ2) is 6.38. The summed E-state index contributed by atoms with van der Waals surface area (Å²) in [5, 5.41) is 1.49. The number of halogens is 2. The van der Waals surface area contributed by atoms with Crippen LogP contribution in [-0.4, -0.2) is 4.21 Å². The minimum Gasteiger partial charge on any atom is -0.255 e. The van der Waals surface area contributed by atoms with Crippen LogP contribution in [0.4, 0.5) is 8.78 Å². The molecule has 2 aromatic rings. The van der Waals surface area contributed by atoms with Gasteiger partial charge in [-0.25, -0.2) is 8.78 Å². The Morgan fingerprint density at radius 1 is 1.00 bits per heavy atom. The molecule has 0 aliphatic heterocycles. The Labute approximate surface area is 113 Å². The predicted octanol–water partition coefficient (Wildman–Crippen LogP) is 3.88. The van der Waals surface area contributed by atoms with Gasteiger partial charge in [0.25, 0.3) is 0 Å². The van der Waals surface area contributed by atoms with Crippen LogP contribution in [0.2, 0.25) is 0 Å². The molecule has 1 nitrogen and oxygen atoms in total. The van der Waals surface area contributed by atoms with Gasteiger partial charge in [0, 0.05) is 11.0 Å². The lowest BCUT2D eigenvalue weighted by Gasteiger charge is -2.00. The van der Waals surface area contributed by atoms with Crippen molar-refractivity contribution in [1.82, 2.24) is 0 Å². The van der Waals surface area contributed by atoms with Crippen molar-refractivity contribution in [2.45, 2.75) is 5.75 Å². The van der Waals surface area contributed by atoms with Gasteiger partial charge in [0.1, 0.15) is 11.6 Å². The smallest absolute Gasteiger partial charge is 0.127 e. The Kier molecular flexibility index (Phi) is 4.58. The molecule has 0 N–H and O–H groups in total. The molecule has 1 unspecified atom stereocenters. The molecule has 0 heterocycles. The Morgan fingerprint density at radius 3 is 2.37 bits per heavy atom. The normalized spacial score (nSPS) is 12.7. The summed E-state index contributed by atoms with van der Waals surface area (Å²) >= 11 is 0. The third kappa shape index (κ3) is 4.10. The monoisotopic (exact) mass is 278 g/mol. The zero-order valence-corrected chi connectivity index (χ0v) is 10.9. The SMILES string of the molecule is O=S(/C=C\c1ccc(F)cc1)Cc1ccccc1F. The van der Waals surface area contributed by atoms with E-state index in [1.807, 2.05) is 0 Å². The molecule has 0 aromatic heterocycles. The minimum absolute atomic E-state index is 0.129. The van der Waals surface area contributed by atoms with E-state index in [1.54, 1.807) is 36.4 Å². The molecule has 0 aliphatic rings. The summed E-state index contributed by atoms with van der Waals surface area (Å²) < 4.78 is 37.8. The maximum absolute atomic E-state index is 13.4. The lowest BCUT2D eigenvalue weighted by molar-refractivity contribution is 0.615. The first kappa shape index (κ1) is 13.6. The molecule has 0 spiro atoms. The molecule has 0 saturated heterocycles. The van der Waals surface area contributed by atoms with Crippen LogP contribution in [0.5, 0.6) is 0 Å². The highest BCUT2D eigenvalue weighted by Crippen LogP contribution is 2.11. The van der Waals surface area contributed by atoms with Crippen molar-refractivity contribution < 1.29 is 13.0 Å². The van der Waals surface area contributed by atoms with Crippen molar-refractivity contribution in [2.24, 2.45) is 0 Å². The third-order valence-corrected chi connectivity index (χ3v) is 3.57. The molecule has 4 heteroatoms. The summed E-state index contributed by atoms with van der Waals surface area (Å²) in [7, 11) is -1.30. The van der Waals surface area contributed by atoms with Crippen molar-refractivity contribution in [1.29, 1.82) is 0 Å². The molecule has 0 fully saturated rings. The van der Waals surface area contributed by atoms with Crippen molar-refractivity contribution >= 4 is 16.9 Å². The van der Waals surface area contributed by atoms with Gasteiger partial charge < -0.3 is 0 Å². The second-order valence-electron chi connectivity index (χ2n) is 3.97. The van der Waals surface area contributed by atoms with Crippen LogP contribution in [0.3, 0.4) is 0 Å². The average molecular weight is 278 g/mol. The zero-order chi connectivity index (χ0) is 13.7. The number of hydrogen-bond donors (Lipinski definition) is 0. The quantitative estimate of drug-likeness (QED) is 0.829. The summed E-state index contributed by atoms with van der Waals surface area (Å²) in [6.45, 7) is 0. The van der Waals surface area contributed by atoms with E-state index in [0.29, 0.717) is 5.56 Å². The lowest BCUT2D eigenvalue weighted by Crippen LogP contribution is -1.94. The van der Waals surface area contributed by atoms with Crippen LogP contribution in [0.25, 0.3) is 6.08 Å². The van der Waals surface area contributed by atoms with E-state index in [-0.39, 0.29) is 17.4 Å². The van der Waals surface area contributed by atoms with Gasteiger partial charge in [0.2, 0.25) is 0 Å². The van der Waals surface area contributed by atoms with Crippen LogP contribution >= 0.6 is 0 Å². The molecule has 2 aromatic carbocycles. The van der Waals surface area contributed by atoms with Crippen LogP contribution in [0.15, 0.2) is 53.9 Å². The Morgan fingerprint density at radius 2 is 1.68 bits per heavy atom. The van der Waals surface area contributed by atoms with Crippen LogP contribution < -0.4 is 0 Å². The van der Waals surface area contributed by atoms with E-state index in [9.17, 15) is 13.0 Å². The Bertz CT molecular complexity index is 606. The molecule has 1 atom stereocenters. The highest BCUT2D eigenvalue weighted by atomic mass is 32.2. The second-order valence-corrected chi connectivity index (χ2v) is 5.29. The Balaban J connectivity index is 2.02. The standard InChI is InChI=1S/C15H12F2OS/c16-14-7-5-12(6-8-14)9-10-19(18)11-13-3-1-2-4-15(13)17/h1-10H,11H2/b10-9-. The zero-order valence-electron chi connectivity index (χ0n) is 10.1. The van der Waals surface area contributed by atoms with Gasteiger partial charge in [-0.3, -0.25) is 4.21 Å². The first-order valence-corrected chi connectivity index (χ1v) is 7.08. The van der Waals surface area contributed by atoms with Gasteiger partial charge in [-0.1, -0.05) is 30.3 Å². The van der Waals surface area contributed by atoms with E-state index in [1.165, 1.54) is 23.6 Å². The molecule has 0 radical (unpaired) electrons. The van der Waals surface area contributed by atoms with E-state index >= 15 is 0 Å². The molecule has 0 amide bonds. The molecule has 0 saturated carbocycles. The number of hydrogen-bond acceptors (Lipinski definition) is 1. The average Bonchev–Trinajstić information content (AvgIpc) is 2.41. The molecule has 98 valence electrons.